The zero-order chi connectivity index (χ0) is 27.3. The van der Waals surface area contributed by atoms with E-state index in [1.807, 2.05) is 6.07 Å². The molecule has 39 heavy (non-hydrogen) atoms. The average Bonchev–Trinajstić information content (AvgIpc) is 3.26. The monoisotopic (exact) mass is 532 g/mol. The Morgan fingerprint density at radius 1 is 1.00 bits per heavy atom. The number of carbonyl (C=O) groups is 2. The molecule has 0 aliphatic heterocycles. The van der Waals surface area contributed by atoms with Crippen molar-refractivity contribution in [3.8, 4) is 22.5 Å². The Hall–Kier alpha value is -4.07. The lowest BCUT2D eigenvalue weighted by Gasteiger charge is -2.61. The van der Waals surface area contributed by atoms with Gasteiger partial charge in [0.2, 0.25) is 6.43 Å². The molecule has 1 heterocycles. The predicted octanol–water partition coefficient (Wildman–Crippen LogP) is 6.75. The Kier molecular flexibility index (Phi) is 6.20. The fourth-order valence-corrected chi connectivity index (χ4v) is 5.85. The van der Waals surface area contributed by atoms with Gasteiger partial charge in [0.1, 0.15) is 17.2 Å². The van der Waals surface area contributed by atoms with Crippen molar-refractivity contribution in [1.29, 1.82) is 0 Å². The minimum absolute atomic E-state index is 0.0744. The maximum Gasteiger partial charge on any atom is 0.255 e. The smallest absolute Gasteiger partial charge is 0.255 e. The van der Waals surface area contributed by atoms with Crippen molar-refractivity contribution in [1.82, 2.24) is 10.6 Å². The van der Waals surface area contributed by atoms with Crippen molar-refractivity contribution >= 4 is 22.8 Å². The lowest BCUT2D eigenvalue weighted by Crippen LogP contribution is -2.68. The van der Waals surface area contributed by atoms with Gasteiger partial charge in [0.05, 0.1) is 5.56 Å². The predicted molar refractivity (Wildman–Crippen MR) is 142 cm³/mol. The summed E-state index contributed by atoms with van der Waals surface area (Å²) in [6.07, 6.45) is 0.290. The van der Waals surface area contributed by atoms with Crippen LogP contribution in [-0.2, 0) is 6.42 Å². The quantitative estimate of drug-likeness (QED) is 0.264. The number of benzene rings is 3. The van der Waals surface area contributed by atoms with Gasteiger partial charge in [0, 0.05) is 35.5 Å². The molecule has 0 unspecified atom stereocenters. The molecule has 7 rings (SSSR count). The van der Waals surface area contributed by atoms with E-state index in [2.05, 4.69) is 10.6 Å². The van der Waals surface area contributed by atoms with Crippen LogP contribution in [0.5, 0.6) is 0 Å². The van der Waals surface area contributed by atoms with Crippen LogP contribution in [0.4, 0.5) is 13.2 Å². The van der Waals surface area contributed by atoms with E-state index >= 15 is 0 Å². The van der Waals surface area contributed by atoms with Crippen LogP contribution in [0.15, 0.2) is 65.1 Å². The first-order valence-electron chi connectivity index (χ1n) is 13.0. The second-order valence-electron chi connectivity index (χ2n) is 10.6. The first-order valence-corrected chi connectivity index (χ1v) is 13.0. The van der Waals surface area contributed by atoms with Crippen LogP contribution >= 0.6 is 0 Å². The highest BCUT2D eigenvalue weighted by Gasteiger charge is 2.57. The molecule has 0 spiro atoms. The number of hydrogen-bond donors (Lipinski definition) is 2. The van der Waals surface area contributed by atoms with Crippen LogP contribution < -0.4 is 10.6 Å². The highest BCUT2D eigenvalue weighted by Crippen LogP contribution is 2.57. The lowest BCUT2D eigenvalue weighted by molar-refractivity contribution is -0.0438. The van der Waals surface area contributed by atoms with Crippen molar-refractivity contribution < 1.29 is 27.2 Å². The number of hydrogen-bond acceptors (Lipinski definition) is 3. The number of rotatable bonds is 8. The van der Waals surface area contributed by atoms with Crippen LogP contribution in [0.25, 0.3) is 33.4 Å². The minimum atomic E-state index is -2.49. The van der Waals surface area contributed by atoms with Crippen molar-refractivity contribution in [3.05, 3.63) is 83.2 Å². The SMILES string of the molecule is CNC(=O)c1c(-c2ccc(F)cc2)oc2cc(CCC(F)F)c(-c3cccc(C(=O)NC45CC(C4)C5)c3)cc12. The molecule has 3 aromatic carbocycles. The van der Waals surface area contributed by atoms with Crippen LogP contribution in [0, 0.1) is 11.7 Å². The normalized spacial score (nSPS) is 19.5. The Morgan fingerprint density at radius 2 is 1.74 bits per heavy atom. The maximum atomic E-state index is 13.6. The topological polar surface area (TPSA) is 71.3 Å². The fourth-order valence-electron chi connectivity index (χ4n) is 5.85. The van der Waals surface area contributed by atoms with Crippen LogP contribution in [-0.4, -0.2) is 30.8 Å². The first kappa shape index (κ1) is 25.2. The van der Waals surface area contributed by atoms with E-state index in [0.29, 0.717) is 38.8 Å². The number of amides is 2. The molecule has 4 aromatic rings. The minimum Gasteiger partial charge on any atom is -0.455 e. The zero-order valence-electron chi connectivity index (χ0n) is 21.3. The molecule has 0 saturated heterocycles. The molecule has 3 aliphatic rings. The molecule has 200 valence electrons. The van der Waals surface area contributed by atoms with E-state index in [1.165, 1.54) is 31.3 Å². The molecule has 3 aliphatic carbocycles. The van der Waals surface area contributed by atoms with Gasteiger partial charge in [0.15, 0.2) is 0 Å². The number of carbonyl (C=O) groups excluding carboxylic acids is 2. The first-order chi connectivity index (χ1) is 18.7. The summed E-state index contributed by atoms with van der Waals surface area (Å²) in [7, 11) is 1.50. The summed E-state index contributed by atoms with van der Waals surface area (Å²) in [4.78, 5) is 26.0. The van der Waals surface area contributed by atoms with Crippen molar-refractivity contribution in [2.45, 2.75) is 44.1 Å². The Balaban J connectivity index is 1.47. The van der Waals surface area contributed by atoms with Crippen LogP contribution in [0.2, 0.25) is 0 Å². The third-order valence-electron chi connectivity index (χ3n) is 7.96. The third kappa shape index (κ3) is 4.58. The molecule has 8 heteroatoms. The van der Waals surface area contributed by atoms with Crippen molar-refractivity contribution in [2.75, 3.05) is 7.05 Å². The van der Waals surface area contributed by atoms with Gasteiger partial charge in [0.25, 0.3) is 11.8 Å². The van der Waals surface area contributed by atoms with E-state index in [9.17, 15) is 22.8 Å². The van der Waals surface area contributed by atoms with Gasteiger partial charge < -0.3 is 15.1 Å². The number of aryl methyl sites for hydroxylation is 1. The van der Waals surface area contributed by atoms with E-state index in [1.54, 1.807) is 30.3 Å². The van der Waals surface area contributed by atoms with Crippen molar-refractivity contribution in [2.24, 2.45) is 5.92 Å². The molecule has 2 amide bonds. The largest absolute Gasteiger partial charge is 0.455 e. The number of halogens is 3. The van der Waals surface area contributed by atoms with E-state index < -0.39 is 18.1 Å². The van der Waals surface area contributed by atoms with Gasteiger partial charge >= 0.3 is 0 Å². The second-order valence-corrected chi connectivity index (χ2v) is 10.6. The molecule has 2 N–H and O–H groups in total. The fraction of sp³-hybridized carbons (Fsp3) is 0.290. The maximum absolute atomic E-state index is 13.6. The number of fused-ring (bicyclic) bond motifs is 1. The number of nitrogens with one attached hydrogen (secondary N) is 2. The van der Waals surface area contributed by atoms with Gasteiger partial charge in [-0.15, -0.1) is 0 Å². The van der Waals surface area contributed by atoms with Gasteiger partial charge in [-0.2, -0.15) is 0 Å². The van der Waals surface area contributed by atoms with E-state index in [-0.39, 0.29) is 35.6 Å². The van der Waals surface area contributed by atoms with Crippen LogP contribution in [0.3, 0.4) is 0 Å². The van der Waals surface area contributed by atoms with E-state index in [4.69, 9.17) is 4.42 Å². The van der Waals surface area contributed by atoms with Gasteiger partial charge in [-0.1, -0.05) is 12.1 Å². The molecule has 1 aromatic heterocycles. The average molecular weight is 533 g/mol. The molecule has 3 saturated carbocycles. The molecule has 0 radical (unpaired) electrons. The number of alkyl halides is 2. The Labute approximate surface area is 223 Å². The summed E-state index contributed by atoms with van der Waals surface area (Å²) in [6, 6.07) is 16.1. The Bertz CT molecular complexity index is 1580. The summed E-state index contributed by atoms with van der Waals surface area (Å²) in [5.74, 6) is 0.00751. The summed E-state index contributed by atoms with van der Waals surface area (Å²) < 4.78 is 46.2. The third-order valence-corrected chi connectivity index (χ3v) is 7.96. The summed E-state index contributed by atoms with van der Waals surface area (Å²) in [5, 5.41) is 6.29. The standard InChI is InChI=1S/C31H27F3N2O3/c1-35-30(38)27-24-13-23(19-3-2-4-21(11-19)29(37)36-31-14-17(15-31)16-31)20(7-10-26(33)34)12-25(24)39-28(27)18-5-8-22(32)9-6-18/h2-6,8-9,11-13,17,26H,7,10,14-16H2,1H3,(H,35,38)(H,36,37). The molecular formula is C31H27F3N2O3. The Morgan fingerprint density at radius 3 is 2.38 bits per heavy atom. The summed E-state index contributed by atoms with van der Waals surface area (Å²) in [5.41, 5.74) is 3.48. The van der Waals surface area contributed by atoms with Crippen molar-refractivity contribution in [3.63, 3.8) is 0 Å². The summed E-state index contributed by atoms with van der Waals surface area (Å²) >= 11 is 0. The summed E-state index contributed by atoms with van der Waals surface area (Å²) in [6.45, 7) is 0. The van der Waals surface area contributed by atoms with Crippen LogP contribution in [0.1, 0.15) is 52.0 Å². The highest BCUT2D eigenvalue weighted by molar-refractivity contribution is 6.12. The molecule has 0 atom stereocenters. The van der Waals surface area contributed by atoms with Gasteiger partial charge in [-0.25, -0.2) is 13.2 Å². The van der Waals surface area contributed by atoms with E-state index in [0.717, 1.165) is 25.2 Å². The molecule has 3 fully saturated rings. The lowest BCUT2D eigenvalue weighted by atomic mass is 9.50. The zero-order valence-corrected chi connectivity index (χ0v) is 21.3. The molecule has 2 bridgehead atoms. The molecular weight excluding hydrogens is 505 g/mol. The van der Waals surface area contributed by atoms with Gasteiger partial charge in [-0.3, -0.25) is 9.59 Å². The number of furan rings is 1. The van der Waals surface area contributed by atoms with Gasteiger partial charge in [-0.05, 0) is 96.8 Å². The molecule has 5 nitrogen and oxygen atoms in total. The second kappa shape index (κ2) is 9.59. The highest BCUT2D eigenvalue weighted by atomic mass is 19.3.